The normalized spacial score (nSPS) is 11.4. The first-order valence-electron chi connectivity index (χ1n) is 6.60. The predicted molar refractivity (Wildman–Crippen MR) is 81.1 cm³/mol. The van der Waals surface area contributed by atoms with Crippen molar-refractivity contribution in [3.8, 4) is 6.07 Å². The molecule has 0 saturated heterocycles. The topological polar surface area (TPSA) is 90.8 Å². The van der Waals surface area contributed by atoms with Crippen LogP contribution in [0.15, 0.2) is 57.2 Å². The van der Waals surface area contributed by atoms with E-state index in [1.807, 2.05) is 0 Å². The van der Waals surface area contributed by atoms with Crippen molar-refractivity contribution < 1.29 is 17.2 Å². The molecule has 0 bridgehead atoms. The molecule has 0 atom stereocenters. The maximum atomic E-state index is 13.7. The molecule has 0 aliphatic carbocycles. The highest BCUT2D eigenvalue weighted by Crippen LogP contribution is 2.22. The molecule has 0 saturated carbocycles. The first kappa shape index (κ1) is 15.8. The van der Waals surface area contributed by atoms with Gasteiger partial charge in [0, 0.05) is 17.1 Å². The number of aromatic amines is 1. The van der Waals surface area contributed by atoms with Crippen molar-refractivity contribution in [2.75, 3.05) is 0 Å². The summed E-state index contributed by atoms with van der Waals surface area (Å²) >= 11 is 0. The number of aromatic nitrogens is 1. The molecule has 0 unspecified atom stereocenters. The third-order valence-electron chi connectivity index (χ3n) is 3.47. The zero-order chi connectivity index (χ0) is 17.5. The highest BCUT2D eigenvalue weighted by atomic mass is 32.2. The summed E-state index contributed by atoms with van der Waals surface area (Å²) in [5.74, 6) is -1.70. The maximum absolute atomic E-state index is 13.7. The molecule has 3 aromatic rings. The Morgan fingerprint density at radius 1 is 1.08 bits per heavy atom. The zero-order valence-electron chi connectivity index (χ0n) is 11.9. The second-order valence-corrected chi connectivity index (χ2v) is 6.85. The van der Waals surface area contributed by atoms with E-state index in [0.29, 0.717) is 6.07 Å². The first-order chi connectivity index (χ1) is 11.3. The largest absolute Gasteiger partial charge is 0.360 e. The smallest absolute Gasteiger partial charge is 0.212 e. The van der Waals surface area contributed by atoms with Gasteiger partial charge in [0.1, 0.15) is 22.6 Å². The number of rotatable bonds is 2. The van der Waals surface area contributed by atoms with Crippen molar-refractivity contribution in [1.29, 1.82) is 5.26 Å². The Kier molecular flexibility index (Phi) is 3.66. The van der Waals surface area contributed by atoms with Crippen molar-refractivity contribution in [3.63, 3.8) is 0 Å². The van der Waals surface area contributed by atoms with Gasteiger partial charge in [-0.05, 0) is 36.4 Å². The van der Waals surface area contributed by atoms with Crippen molar-refractivity contribution in [2.24, 2.45) is 0 Å². The van der Waals surface area contributed by atoms with E-state index < -0.39 is 36.7 Å². The van der Waals surface area contributed by atoms with Gasteiger partial charge in [-0.15, -0.1) is 0 Å². The molecule has 3 rings (SSSR count). The van der Waals surface area contributed by atoms with E-state index in [0.717, 1.165) is 30.5 Å². The highest BCUT2D eigenvalue weighted by molar-refractivity contribution is 7.91. The number of halogens is 2. The molecule has 0 amide bonds. The summed E-state index contributed by atoms with van der Waals surface area (Å²) in [6, 6.07) is 7.65. The molecule has 0 aliphatic rings. The maximum Gasteiger partial charge on any atom is 0.212 e. The van der Waals surface area contributed by atoms with Crippen molar-refractivity contribution in [2.45, 2.75) is 9.79 Å². The van der Waals surface area contributed by atoms with Gasteiger partial charge >= 0.3 is 0 Å². The minimum absolute atomic E-state index is 0.134. The number of nitrogens with one attached hydrogen (secondary N) is 1. The monoisotopic (exact) mass is 346 g/mol. The molecule has 0 spiro atoms. The van der Waals surface area contributed by atoms with Gasteiger partial charge in [0.25, 0.3) is 0 Å². The van der Waals surface area contributed by atoms with E-state index in [2.05, 4.69) is 4.98 Å². The average Bonchev–Trinajstić information content (AvgIpc) is 2.55. The molecule has 0 fully saturated rings. The SMILES string of the molecule is N#Cc1ccc(S(=O)(=O)c2c[nH]c3ccc(F)cc3c2=O)cc1F. The fourth-order valence-corrected chi connectivity index (χ4v) is 3.58. The highest BCUT2D eigenvalue weighted by Gasteiger charge is 2.23. The number of sulfone groups is 1. The number of nitriles is 1. The summed E-state index contributed by atoms with van der Waals surface area (Å²) in [7, 11) is -4.34. The number of H-pyrrole nitrogens is 1. The number of hydrogen-bond acceptors (Lipinski definition) is 4. The molecule has 0 radical (unpaired) electrons. The van der Waals surface area contributed by atoms with Crippen LogP contribution in [-0.4, -0.2) is 13.4 Å². The quantitative estimate of drug-likeness (QED) is 0.772. The molecule has 5 nitrogen and oxygen atoms in total. The van der Waals surface area contributed by atoms with Crippen LogP contribution in [0.5, 0.6) is 0 Å². The summed E-state index contributed by atoms with van der Waals surface area (Å²) in [5, 5.41) is 8.55. The molecular formula is C16H8F2N2O3S. The summed E-state index contributed by atoms with van der Waals surface area (Å²) in [6.07, 6.45) is 0.980. The van der Waals surface area contributed by atoms with Gasteiger partial charge in [0.2, 0.25) is 15.3 Å². The second-order valence-electron chi connectivity index (χ2n) is 4.93. The summed E-state index contributed by atoms with van der Waals surface area (Å²) in [6.45, 7) is 0. The Balaban J connectivity index is 2.26. The number of pyridine rings is 1. The van der Waals surface area contributed by atoms with Crippen LogP contribution in [0.1, 0.15) is 5.56 Å². The standard InChI is InChI=1S/C16H8F2N2O3S/c17-10-2-4-14-12(5-10)16(21)15(8-20-14)24(22,23)11-3-1-9(7-19)13(18)6-11/h1-6,8H,(H,20,21). The Labute approximate surface area is 134 Å². The Morgan fingerprint density at radius 3 is 2.50 bits per heavy atom. The van der Waals surface area contributed by atoms with Gasteiger partial charge in [-0.3, -0.25) is 4.79 Å². The summed E-state index contributed by atoms with van der Waals surface area (Å²) < 4.78 is 52.1. The summed E-state index contributed by atoms with van der Waals surface area (Å²) in [4.78, 5) is 13.9. The fourth-order valence-electron chi connectivity index (χ4n) is 2.25. The van der Waals surface area contributed by atoms with Crippen LogP contribution in [0.3, 0.4) is 0 Å². The summed E-state index contributed by atoms with van der Waals surface area (Å²) in [5.41, 5.74) is -0.942. The molecule has 1 aromatic heterocycles. The van der Waals surface area contributed by atoms with Crippen LogP contribution in [0.2, 0.25) is 0 Å². The fraction of sp³-hybridized carbons (Fsp3) is 0. The van der Waals surface area contributed by atoms with Crippen LogP contribution in [0, 0.1) is 23.0 Å². The van der Waals surface area contributed by atoms with E-state index in [-0.39, 0.29) is 16.5 Å². The number of fused-ring (bicyclic) bond motifs is 1. The number of hydrogen-bond donors (Lipinski definition) is 1. The van der Waals surface area contributed by atoms with E-state index in [1.54, 1.807) is 6.07 Å². The van der Waals surface area contributed by atoms with E-state index in [9.17, 15) is 22.0 Å². The van der Waals surface area contributed by atoms with Crippen LogP contribution >= 0.6 is 0 Å². The minimum Gasteiger partial charge on any atom is -0.360 e. The molecule has 1 heterocycles. The zero-order valence-corrected chi connectivity index (χ0v) is 12.7. The molecule has 24 heavy (non-hydrogen) atoms. The lowest BCUT2D eigenvalue weighted by molar-refractivity contribution is 0.589. The van der Waals surface area contributed by atoms with Crippen molar-refractivity contribution in [3.05, 3.63) is 70.0 Å². The lowest BCUT2D eigenvalue weighted by Gasteiger charge is -2.06. The lowest BCUT2D eigenvalue weighted by Crippen LogP contribution is -2.16. The van der Waals surface area contributed by atoms with Crippen LogP contribution in [0.25, 0.3) is 10.9 Å². The van der Waals surface area contributed by atoms with Crippen molar-refractivity contribution in [1.82, 2.24) is 4.98 Å². The van der Waals surface area contributed by atoms with Crippen molar-refractivity contribution >= 4 is 20.7 Å². The lowest BCUT2D eigenvalue weighted by atomic mass is 10.2. The molecule has 8 heteroatoms. The number of benzene rings is 2. The van der Waals surface area contributed by atoms with Crippen LogP contribution < -0.4 is 5.43 Å². The second kappa shape index (κ2) is 5.54. The first-order valence-corrected chi connectivity index (χ1v) is 8.08. The van der Waals surface area contributed by atoms with Gasteiger partial charge in [-0.2, -0.15) is 5.26 Å². The van der Waals surface area contributed by atoms with Gasteiger partial charge in [0.15, 0.2) is 0 Å². The third kappa shape index (κ3) is 2.45. The average molecular weight is 346 g/mol. The minimum atomic E-state index is -4.34. The Bertz CT molecular complexity index is 1180. The van der Waals surface area contributed by atoms with Crippen LogP contribution in [0.4, 0.5) is 8.78 Å². The molecule has 0 aliphatic heterocycles. The molecule has 2 aromatic carbocycles. The number of nitrogens with zero attached hydrogens (tertiary/aromatic N) is 1. The Morgan fingerprint density at radius 2 is 1.83 bits per heavy atom. The predicted octanol–water partition coefficient (Wildman–Crippen LogP) is 2.51. The van der Waals surface area contributed by atoms with Gasteiger partial charge in [-0.25, -0.2) is 17.2 Å². The third-order valence-corrected chi connectivity index (χ3v) is 5.23. The van der Waals surface area contributed by atoms with Gasteiger partial charge < -0.3 is 4.98 Å². The van der Waals surface area contributed by atoms with E-state index in [4.69, 9.17) is 5.26 Å². The Hall–Kier alpha value is -3.05. The molecule has 120 valence electrons. The van der Waals surface area contributed by atoms with Gasteiger partial charge in [-0.1, -0.05) is 0 Å². The molecular weight excluding hydrogens is 338 g/mol. The van der Waals surface area contributed by atoms with Crippen LogP contribution in [-0.2, 0) is 9.84 Å². The van der Waals surface area contributed by atoms with E-state index >= 15 is 0 Å². The van der Waals surface area contributed by atoms with Gasteiger partial charge in [0.05, 0.1) is 10.5 Å². The molecule has 1 N–H and O–H groups in total. The van der Waals surface area contributed by atoms with E-state index in [1.165, 1.54) is 6.07 Å².